The molecule has 0 bridgehead atoms. The van der Waals surface area contributed by atoms with Gasteiger partial charge in [-0.1, -0.05) is 12.1 Å². The first kappa shape index (κ1) is 25.1. The molecule has 1 rings (SSSR count). The number of para-hydroxylation sites is 1. The van der Waals surface area contributed by atoms with E-state index in [0.29, 0.717) is 37.1 Å². The van der Waals surface area contributed by atoms with Crippen LogP contribution in [0.25, 0.3) is 0 Å². The van der Waals surface area contributed by atoms with Crippen molar-refractivity contribution in [2.75, 3.05) is 34.4 Å². The summed E-state index contributed by atoms with van der Waals surface area (Å²) in [7, 11) is 4.89. The third-order valence-corrected chi connectivity index (χ3v) is 3.24. The topological polar surface area (TPSA) is 93.2 Å². The largest absolute Gasteiger partial charge is 0.493 e. The average molecular weight is 494 g/mol. The van der Waals surface area contributed by atoms with E-state index in [1.807, 2.05) is 39.0 Å². The maximum Gasteiger partial charge on any atom is 0.407 e. The van der Waals surface area contributed by atoms with Crippen LogP contribution in [0.3, 0.4) is 0 Å². The molecule has 154 valence electrons. The van der Waals surface area contributed by atoms with Crippen LogP contribution in [0.1, 0.15) is 26.3 Å². The molecule has 0 saturated carbocycles. The molecule has 0 unspecified atom stereocenters. The van der Waals surface area contributed by atoms with Gasteiger partial charge in [-0.25, -0.2) is 4.79 Å². The summed E-state index contributed by atoms with van der Waals surface area (Å²) in [6.07, 6.45) is -0.441. The van der Waals surface area contributed by atoms with E-state index >= 15 is 0 Å². The third-order valence-electron chi connectivity index (χ3n) is 3.24. The first-order valence-electron chi connectivity index (χ1n) is 8.42. The lowest BCUT2D eigenvalue weighted by molar-refractivity contribution is 0.0529. The highest BCUT2D eigenvalue weighted by atomic mass is 127. The third kappa shape index (κ3) is 9.55. The summed E-state index contributed by atoms with van der Waals surface area (Å²) in [4.78, 5) is 15.7. The first-order valence-corrected chi connectivity index (χ1v) is 8.42. The Morgan fingerprint density at radius 2 is 1.74 bits per heavy atom. The van der Waals surface area contributed by atoms with Crippen molar-refractivity contribution < 1.29 is 19.0 Å². The predicted octanol–water partition coefficient (Wildman–Crippen LogP) is 2.51. The van der Waals surface area contributed by atoms with E-state index in [-0.39, 0.29) is 24.0 Å². The second-order valence-electron chi connectivity index (χ2n) is 6.43. The lowest BCUT2D eigenvalue weighted by Crippen LogP contribution is -2.42. The van der Waals surface area contributed by atoms with Gasteiger partial charge in [0.1, 0.15) is 5.60 Å². The number of nitrogens with one attached hydrogen (secondary N) is 3. The van der Waals surface area contributed by atoms with E-state index in [4.69, 9.17) is 14.2 Å². The molecule has 8 nitrogen and oxygen atoms in total. The van der Waals surface area contributed by atoms with Gasteiger partial charge in [0.05, 0.1) is 14.2 Å². The van der Waals surface area contributed by atoms with Crippen LogP contribution < -0.4 is 25.4 Å². The molecule has 1 amide bonds. The summed E-state index contributed by atoms with van der Waals surface area (Å²) in [6.45, 7) is 6.90. The number of carbonyl (C=O) groups is 1. The number of nitrogens with zero attached hydrogens (tertiary/aromatic N) is 1. The molecule has 1 aromatic rings. The maximum absolute atomic E-state index is 11.6. The van der Waals surface area contributed by atoms with Gasteiger partial charge in [0.25, 0.3) is 0 Å². The first-order chi connectivity index (χ1) is 12.3. The molecule has 0 saturated heterocycles. The summed E-state index contributed by atoms with van der Waals surface area (Å²) in [6, 6.07) is 5.70. The number of methoxy groups -OCH3 is 2. The molecular weight excluding hydrogens is 463 g/mol. The van der Waals surface area contributed by atoms with Gasteiger partial charge in [-0.2, -0.15) is 0 Å². The normalized spacial score (nSPS) is 11.1. The highest BCUT2D eigenvalue weighted by Crippen LogP contribution is 2.30. The van der Waals surface area contributed by atoms with E-state index in [2.05, 4.69) is 20.9 Å². The highest BCUT2D eigenvalue weighted by molar-refractivity contribution is 14.0. The standard InChI is InChI=1S/C18H30N4O4.HI/c1-18(2,3)26-17(23)21-11-10-20-16(19-4)22-12-13-8-7-9-14(24-5)15(13)25-6;/h7-9H,10-12H2,1-6H3,(H,21,23)(H2,19,20,22);1H. The second-order valence-corrected chi connectivity index (χ2v) is 6.43. The number of guanidine groups is 1. The number of aliphatic imine (C=N–C) groups is 1. The molecule has 0 aliphatic carbocycles. The number of hydrogen-bond donors (Lipinski definition) is 3. The smallest absolute Gasteiger partial charge is 0.407 e. The molecule has 0 aliphatic rings. The lowest BCUT2D eigenvalue weighted by Gasteiger charge is -2.20. The van der Waals surface area contributed by atoms with E-state index in [0.717, 1.165) is 5.56 Å². The Morgan fingerprint density at radius 1 is 1.07 bits per heavy atom. The van der Waals surface area contributed by atoms with E-state index in [9.17, 15) is 4.79 Å². The zero-order valence-corrected chi connectivity index (χ0v) is 19.2. The number of alkyl carbamates (subject to hydrolysis) is 1. The van der Waals surface area contributed by atoms with Crippen LogP contribution in [-0.2, 0) is 11.3 Å². The van der Waals surface area contributed by atoms with Gasteiger partial charge in [-0.05, 0) is 26.8 Å². The van der Waals surface area contributed by atoms with Crippen molar-refractivity contribution in [3.63, 3.8) is 0 Å². The van der Waals surface area contributed by atoms with Gasteiger partial charge in [0, 0.05) is 32.2 Å². The average Bonchev–Trinajstić information content (AvgIpc) is 2.59. The van der Waals surface area contributed by atoms with Crippen molar-refractivity contribution >= 4 is 36.0 Å². The van der Waals surface area contributed by atoms with Crippen LogP contribution in [0.5, 0.6) is 11.5 Å². The van der Waals surface area contributed by atoms with Crippen LogP contribution in [0, 0.1) is 0 Å². The second kappa shape index (κ2) is 12.5. The van der Waals surface area contributed by atoms with Gasteiger partial charge in [-0.3, -0.25) is 4.99 Å². The number of halogens is 1. The van der Waals surface area contributed by atoms with E-state index in [1.165, 1.54) is 0 Å². The fourth-order valence-electron chi connectivity index (χ4n) is 2.15. The zero-order chi connectivity index (χ0) is 19.6. The number of carbonyl (C=O) groups excluding carboxylic acids is 1. The molecule has 0 atom stereocenters. The molecular formula is C18H31IN4O4. The summed E-state index contributed by atoms with van der Waals surface area (Å²) < 4.78 is 15.9. The Kier molecular flexibility index (Phi) is 11.6. The molecule has 0 radical (unpaired) electrons. The molecule has 1 aromatic carbocycles. The molecule has 3 N–H and O–H groups in total. The van der Waals surface area contributed by atoms with Crippen LogP contribution in [0.4, 0.5) is 4.79 Å². The van der Waals surface area contributed by atoms with Crippen molar-refractivity contribution in [3.8, 4) is 11.5 Å². The van der Waals surface area contributed by atoms with Gasteiger partial charge < -0.3 is 30.2 Å². The molecule has 0 aliphatic heterocycles. The molecule has 0 heterocycles. The number of hydrogen-bond acceptors (Lipinski definition) is 5. The minimum Gasteiger partial charge on any atom is -0.493 e. The number of rotatable bonds is 7. The lowest BCUT2D eigenvalue weighted by atomic mass is 10.2. The Bertz CT molecular complexity index is 618. The predicted molar refractivity (Wildman–Crippen MR) is 117 cm³/mol. The highest BCUT2D eigenvalue weighted by Gasteiger charge is 2.15. The summed E-state index contributed by atoms with van der Waals surface area (Å²) >= 11 is 0. The quantitative estimate of drug-likeness (QED) is 0.234. The maximum atomic E-state index is 11.6. The summed E-state index contributed by atoms with van der Waals surface area (Å²) in [5, 5.41) is 9.00. The van der Waals surface area contributed by atoms with Gasteiger partial charge in [-0.15, -0.1) is 24.0 Å². The Balaban J connectivity index is 0.00000676. The minimum absolute atomic E-state index is 0. The van der Waals surface area contributed by atoms with E-state index < -0.39 is 11.7 Å². The Hall–Kier alpha value is -1.91. The van der Waals surface area contributed by atoms with Crippen molar-refractivity contribution in [2.24, 2.45) is 4.99 Å². The minimum atomic E-state index is -0.509. The van der Waals surface area contributed by atoms with Crippen LogP contribution >= 0.6 is 24.0 Å². The van der Waals surface area contributed by atoms with Gasteiger partial charge >= 0.3 is 6.09 Å². The fraction of sp³-hybridized carbons (Fsp3) is 0.556. The summed E-state index contributed by atoms with van der Waals surface area (Å²) in [5.41, 5.74) is 0.437. The van der Waals surface area contributed by atoms with Gasteiger partial charge in [0.15, 0.2) is 17.5 Å². The Labute approximate surface area is 178 Å². The number of ether oxygens (including phenoxy) is 3. The van der Waals surface area contributed by atoms with Crippen molar-refractivity contribution in [1.82, 2.24) is 16.0 Å². The Morgan fingerprint density at radius 3 is 2.30 bits per heavy atom. The van der Waals surface area contributed by atoms with Crippen molar-refractivity contribution in [1.29, 1.82) is 0 Å². The molecule has 0 fully saturated rings. The monoisotopic (exact) mass is 494 g/mol. The molecule has 9 heteroatoms. The molecule has 27 heavy (non-hydrogen) atoms. The van der Waals surface area contributed by atoms with Crippen LogP contribution in [-0.4, -0.2) is 52.0 Å². The molecule has 0 spiro atoms. The van der Waals surface area contributed by atoms with E-state index in [1.54, 1.807) is 21.3 Å². The van der Waals surface area contributed by atoms with Crippen LogP contribution in [0.2, 0.25) is 0 Å². The van der Waals surface area contributed by atoms with Crippen LogP contribution in [0.15, 0.2) is 23.2 Å². The van der Waals surface area contributed by atoms with Gasteiger partial charge in [0.2, 0.25) is 0 Å². The zero-order valence-electron chi connectivity index (χ0n) is 16.8. The fourth-order valence-corrected chi connectivity index (χ4v) is 2.15. The number of benzene rings is 1. The van der Waals surface area contributed by atoms with Crippen molar-refractivity contribution in [3.05, 3.63) is 23.8 Å². The van der Waals surface area contributed by atoms with Crippen molar-refractivity contribution in [2.45, 2.75) is 32.9 Å². The summed E-state index contributed by atoms with van der Waals surface area (Å²) in [5.74, 6) is 1.97. The number of amides is 1. The molecule has 0 aromatic heterocycles. The SMILES string of the molecule is CN=C(NCCNC(=O)OC(C)(C)C)NCc1cccc(OC)c1OC.I.